The van der Waals surface area contributed by atoms with Crippen LogP contribution in [0.5, 0.6) is 0 Å². The van der Waals surface area contributed by atoms with Crippen molar-refractivity contribution in [2.45, 2.75) is 36.2 Å². The van der Waals surface area contributed by atoms with Gasteiger partial charge in [0.25, 0.3) is 0 Å². The third kappa shape index (κ3) is 6.58. The van der Waals surface area contributed by atoms with Crippen molar-refractivity contribution in [1.82, 2.24) is 10.2 Å². The molecule has 1 saturated heterocycles. The molecule has 2 amide bonds. The number of benzene rings is 3. The Balaban J connectivity index is 1.42. The summed E-state index contributed by atoms with van der Waals surface area (Å²) < 4.78 is 47.0. The van der Waals surface area contributed by atoms with Crippen molar-refractivity contribution in [2.75, 3.05) is 19.3 Å². The van der Waals surface area contributed by atoms with Crippen LogP contribution in [0.2, 0.25) is 0 Å². The molecule has 184 valence electrons. The average Bonchev–Trinajstić information content (AvgIpc) is 2.84. The Hall–Kier alpha value is -2.97. The number of halogens is 3. The number of nitrogens with zero attached hydrogens (tertiary/aromatic N) is 1. The van der Waals surface area contributed by atoms with Crippen LogP contribution >= 0.6 is 11.8 Å². The molecule has 0 aromatic heterocycles. The Morgan fingerprint density at radius 1 is 1.03 bits per heavy atom. The van der Waals surface area contributed by atoms with Gasteiger partial charge in [-0.15, -0.1) is 11.8 Å². The minimum atomic E-state index is -4.44. The van der Waals surface area contributed by atoms with Gasteiger partial charge in [-0.2, -0.15) is 13.2 Å². The zero-order valence-corrected chi connectivity index (χ0v) is 20.1. The molecule has 4 nitrogen and oxygen atoms in total. The second-order valence-electron chi connectivity index (χ2n) is 8.43. The molecule has 35 heavy (non-hydrogen) atoms. The van der Waals surface area contributed by atoms with Gasteiger partial charge in [0.1, 0.15) is 0 Å². The molecule has 1 atom stereocenters. The van der Waals surface area contributed by atoms with Gasteiger partial charge in [-0.3, -0.25) is 0 Å². The van der Waals surface area contributed by atoms with E-state index in [4.69, 9.17) is 4.74 Å². The molecule has 0 radical (unpaired) electrons. The minimum Gasteiger partial charge on any atom is -0.366 e. The van der Waals surface area contributed by atoms with Crippen LogP contribution in [0.15, 0.2) is 83.8 Å². The maximum absolute atomic E-state index is 13.6. The lowest BCUT2D eigenvalue weighted by Gasteiger charge is -2.40. The fourth-order valence-corrected chi connectivity index (χ4v) is 4.45. The summed E-state index contributed by atoms with van der Waals surface area (Å²) in [6.07, 6.45) is -3.19. The van der Waals surface area contributed by atoms with Crippen LogP contribution in [0, 0.1) is 0 Å². The van der Waals surface area contributed by atoms with Gasteiger partial charge < -0.3 is 15.0 Å². The summed E-state index contributed by atoms with van der Waals surface area (Å²) >= 11 is 1.59. The highest BCUT2D eigenvalue weighted by molar-refractivity contribution is 7.98. The van der Waals surface area contributed by atoms with Crippen LogP contribution in [-0.4, -0.2) is 36.4 Å². The molecule has 0 saturated carbocycles. The van der Waals surface area contributed by atoms with E-state index in [0.29, 0.717) is 19.6 Å². The molecule has 1 unspecified atom stereocenters. The monoisotopic (exact) mass is 500 g/mol. The number of alkyl halides is 3. The SMILES string of the molecule is CSc1ccc(C(Cc2ccccc2C(F)(F)F)OC2CN(C(=O)NCc3ccccc3)C2)cc1. The molecular formula is C27H27F3N2O2S. The fraction of sp³-hybridized carbons (Fsp3) is 0.296. The van der Waals surface area contributed by atoms with Crippen LogP contribution in [0.3, 0.4) is 0 Å². The molecule has 0 aliphatic carbocycles. The standard InChI is InChI=1S/C27H27F3N2O2S/c1-35-23-13-11-20(12-14-23)25(15-21-9-5-6-10-24(21)27(28,29)30)34-22-17-32(18-22)26(33)31-16-19-7-3-2-4-8-19/h2-14,22,25H,15-18H2,1H3,(H,31,33). The van der Waals surface area contributed by atoms with Gasteiger partial charge in [-0.05, 0) is 41.1 Å². The first-order valence-corrected chi connectivity index (χ1v) is 12.6. The van der Waals surface area contributed by atoms with Gasteiger partial charge in [0.05, 0.1) is 30.9 Å². The highest BCUT2D eigenvalue weighted by Crippen LogP contribution is 2.35. The Labute approximate surface area is 207 Å². The molecule has 0 bridgehead atoms. The first kappa shape index (κ1) is 25.1. The molecule has 3 aromatic carbocycles. The third-order valence-corrected chi connectivity index (χ3v) is 6.74. The summed E-state index contributed by atoms with van der Waals surface area (Å²) in [6, 6.07) is 22.7. The van der Waals surface area contributed by atoms with Crippen molar-refractivity contribution >= 4 is 17.8 Å². The summed E-state index contributed by atoms with van der Waals surface area (Å²) in [6.45, 7) is 1.21. The first-order valence-electron chi connectivity index (χ1n) is 11.3. The number of amides is 2. The van der Waals surface area contributed by atoms with Crippen molar-refractivity contribution < 1.29 is 22.7 Å². The van der Waals surface area contributed by atoms with Crippen molar-refractivity contribution in [3.05, 3.63) is 101 Å². The van der Waals surface area contributed by atoms with Gasteiger partial charge in [-0.25, -0.2) is 4.79 Å². The lowest BCUT2D eigenvalue weighted by Crippen LogP contribution is -2.57. The van der Waals surface area contributed by atoms with Crippen molar-refractivity contribution in [3.63, 3.8) is 0 Å². The Morgan fingerprint density at radius 3 is 2.34 bits per heavy atom. The van der Waals surface area contributed by atoms with Crippen molar-refractivity contribution in [1.29, 1.82) is 0 Å². The van der Waals surface area contributed by atoms with E-state index in [1.54, 1.807) is 22.7 Å². The molecule has 1 aliphatic rings. The predicted molar refractivity (Wildman–Crippen MR) is 131 cm³/mol. The minimum absolute atomic E-state index is 0.0883. The van der Waals surface area contributed by atoms with Crippen LogP contribution in [0.1, 0.15) is 28.4 Å². The van der Waals surface area contributed by atoms with Gasteiger partial charge in [0.15, 0.2) is 0 Å². The fourth-order valence-electron chi connectivity index (χ4n) is 4.05. The van der Waals surface area contributed by atoms with E-state index in [1.807, 2.05) is 60.9 Å². The second kappa shape index (κ2) is 11.2. The number of carbonyl (C=O) groups is 1. The van der Waals surface area contributed by atoms with Crippen LogP contribution in [0.25, 0.3) is 0 Å². The Morgan fingerprint density at radius 2 is 1.69 bits per heavy atom. The maximum Gasteiger partial charge on any atom is 0.416 e. The normalized spacial score (nSPS) is 14.9. The number of nitrogens with one attached hydrogen (secondary N) is 1. The van der Waals surface area contributed by atoms with E-state index < -0.39 is 17.8 Å². The van der Waals surface area contributed by atoms with Crippen LogP contribution < -0.4 is 5.32 Å². The maximum atomic E-state index is 13.6. The number of ether oxygens (including phenoxy) is 1. The van der Waals surface area contributed by atoms with E-state index in [-0.39, 0.29) is 24.1 Å². The average molecular weight is 501 g/mol. The molecular weight excluding hydrogens is 473 g/mol. The van der Waals surface area contributed by atoms with Gasteiger partial charge >= 0.3 is 12.2 Å². The Kier molecular flexibility index (Phi) is 8.03. The smallest absolute Gasteiger partial charge is 0.366 e. The van der Waals surface area contributed by atoms with Gasteiger partial charge in [0, 0.05) is 17.9 Å². The predicted octanol–water partition coefficient (Wildman–Crippen LogP) is 6.32. The number of likely N-dealkylation sites (tertiary alicyclic amines) is 1. The Bertz CT molecular complexity index is 1120. The number of carbonyl (C=O) groups excluding carboxylic acids is 1. The van der Waals surface area contributed by atoms with E-state index in [0.717, 1.165) is 22.1 Å². The molecule has 8 heteroatoms. The van der Waals surface area contributed by atoms with E-state index in [2.05, 4.69) is 5.32 Å². The zero-order valence-electron chi connectivity index (χ0n) is 19.3. The molecule has 1 fully saturated rings. The zero-order chi connectivity index (χ0) is 24.8. The largest absolute Gasteiger partial charge is 0.416 e. The first-order chi connectivity index (χ1) is 16.8. The summed E-state index contributed by atoms with van der Waals surface area (Å²) in [5.74, 6) is 0. The van der Waals surface area contributed by atoms with E-state index >= 15 is 0 Å². The van der Waals surface area contributed by atoms with E-state index in [1.165, 1.54) is 12.1 Å². The third-order valence-electron chi connectivity index (χ3n) is 5.99. The lowest BCUT2D eigenvalue weighted by atomic mass is 9.96. The summed E-state index contributed by atoms with van der Waals surface area (Å²) in [4.78, 5) is 15.2. The van der Waals surface area contributed by atoms with Gasteiger partial charge in [-0.1, -0.05) is 60.7 Å². The number of urea groups is 1. The molecule has 4 rings (SSSR count). The molecule has 0 spiro atoms. The topological polar surface area (TPSA) is 41.6 Å². The van der Waals surface area contributed by atoms with Gasteiger partial charge in [0.2, 0.25) is 0 Å². The van der Waals surface area contributed by atoms with Crippen LogP contribution in [0.4, 0.5) is 18.0 Å². The number of hydrogen-bond donors (Lipinski definition) is 1. The molecule has 1 N–H and O–H groups in total. The molecule has 1 heterocycles. The van der Waals surface area contributed by atoms with Crippen molar-refractivity contribution in [2.24, 2.45) is 0 Å². The van der Waals surface area contributed by atoms with E-state index in [9.17, 15) is 18.0 Å². The quantitative estimate of drug-likeness (QED) is 0.368. The molecule has 1 aliphatic heterocycles. The summed E-state index contributed by atoms with van der Waals surface area (Å²) in [7, 11) is 0. The summed E-state index contributed by atoms with van der Waals surface area (Å²) in [5, 5.41) is 2.89. The van der Waals surface area contributed by atoms with Crippen LogP contribution in [-0.2, 0) is 23.9 Å². The number of thioether (sulfide) groups is 1. The van der Waals surface area contributed by atoms with Crippen molar-refractivity contribution in [3.8, 4) is 0 Å². The summed E-state index contributed by atoms with van der Waals surface area (Å²) in [5.41, 5.74) is 1.36. The number of hydrogen-bond acceptors (Lipinski definition) is 3. The highest BCUT2D eigenvalue weighted by Gasteiger charge is 2.36. The second-order valence-corrected chi connectivity index (χ2v) is 9.31. The number of rotatable bonds is 8. The lowest BCUT2D eigenvalue weighted by molar-refractivity contribution is -0.138. The molecule has 3 aromatic rings. The highest BCUT2D eigenvalue weighted by atomic mass is 32.2.